The van der Waals surface area contributed by atoms with E-state index in [1.165, 1.54) is 0 Å². The Morgan fingerprint density at radius 2 is 1.94 bits per heavy atom. The van der Waals surface area contributed by atoms with E-state index in [4.69, 9.17) is 21.1 Å². The molecule has 1 heterocycles. The fourth-order valence-corrected chi connectivity index (χ4v) is 1.88. The minimum Gasteiger partial charge on any atom is -0.454 e. The van der Waals surface area contributed by atoms with E-state index in [-0.39, 0.29) is 6.79 Å². The van der Waals surface area contributed by atoms with E-state index in [2.05, 4.69) is 4.99 Å². The van der Waals surface area contributed by atoms with Gasteiger partial charge in [0.2, 0.25) is 6.79 Å². The number of aliphatic imine (C=N–C) groups is 1. The average molecular weight is 260 g/mol. The Morgan fingerprint density at radius 3 is 2.83 bits per heavy atom. The van der Waals surface area contributed by atoms with Crippen LogP contribution in [0.1, 0.15) is 5.56 Å². The highest BCUT2D eigenvalue weighted by Crippen LogP contribution is 2.32. The number of hydrogen-bond donors (Lipinski definition) is 0. The number of fused-ring (bicyclic) bond motifs is 1. The summed E-state index contributed by atoms with van der Waals surface area (Å²) in [6.45, 7) is 0.282. The molecule has 3 nitrogen and oxygen atoms in total. The Labute approximate surface area is 110 Å². The van der Waals surface area contributed by atoms with Crippen LogP contribution in [-0.4, -0.2) is 13.0 Å². The molecule has 1 aliphatic heterocycles. The van der Waals surface area contributed by atoms with Crippen LogP contribution in [0.4, 0.5) is 5.69 Å². The van der Waals surface area contributed by atoms with E-state index >= 15 is 0 Å². The second-order valence-electron chi connectivity index (χ2n) is 3.85. The smallest absolute Gasteiger partial charge is 0.231 e. The lowest BCUT2D eigenvalue weighted by atomic mass is 10.2. The van der Waals surface area contributed by atoms with Crippen molar-refractivity contribution in [2.24, 2.45) is 4.99 Å². The summed E-state index contributed by atoms with van der Waals surface area (Å²) in [5.74, 6) is 1.53. The SMILES string of the molecule is Clc1cccc(N=Cc2ccc3c(c2)OCO3)c1. The molecule has 2 aromatic rings. The number of hydrogen-bond acceptors (Lipinski definition) is 3. The van der Waals surface area contributed by atoms with E-state index in [0.717, 1.165) is 22.7 Å². The maximum absolute atomic E-state index is 5.89. The van der Waals surface area contributed by atoms with Crippen LogP contribution in [0.15, 0.2) is 47.5 Å². The summed E-state index contributed by atoms with van der Waals surface area (Å²) in [5.41, 5.74) is 1.78. The summed E-state index contributed by atoms with van der Waals surface area (Å²) in [7, 11) is 0. The summed E-state index contributed by atoms with van der Waals surface area (Å²) in [5, 5.41) is 0.676. The molecule has 2 aromatic carbocycles. The quantitative estimate of drug-likeness (QED) is 0.768. The van der Waals surface area contributed by atoms with Crippen LogP contribution in [0.25, 0.3) is 0 Å². The van der Waals surface area contributed by atoms with Gasteiger partial charge >= 0.3 is 0 Å². The van der Waals surface area contributed by atoms with Crippen LogP contribution in [0, 0.1) is 0 Å². The first kappa shape index (κ1) is 11.1. The molecule has 0 amide bonds. The first-order chi connectivity index (χ1) is 8.81. The first-order valence-corrected chi connectivity index (χ1v) is 5.88. The topological polar surface area (TPSA) is 30.8 Å². The molecule has 0 aliphatic carbocycles. The molecule has 0 atom stereocenters. The van der Waals surface area contributed by atoms with Gasteiger partial charge in [0.1, 0.15) is 0 Å². The van der Waals surface area contributed by atoms with Gasteiger partial charge in [-0.1, -0.05) is 17.7 Å². The molecule has 0 fully saturated rings. The van der Waals surface area contributed by atoms with Crippen LogP contribution >= 0.6 is 11.6 Å². The summed E-state index contributed by atoms with van der Waals surface area (Å²) in [4.78, 5) is 4.36. The number of nitrogens with zero attached hydrogens (tertiary/aromatic N) is 1. The molecule has 3 rings (SSSR count). The molecule has 0 unspecified atom stereocenters. The van der Waals surface area contributed by atoms with E-state index in [0.29, 0.717) is 5.02 Å². The lowest BCUT2D eigenvalue weighted by Crippen LogP contribution is -1.92. The van der Waals surface area contributed by atoms with Gasteiger partial charge in [-0.15, -0.1) is 0 Å². The molecule has 0 spiro atoms. The highest BCUT2D eigenvalue weighted by atomic mass is 35.5. The van der Waals surface area contributed by atoms with E-state index in [1.807, 2.05) is 42.5 Å². The van der Waals surface area contributed by atoms with Crippen LogP contribution in [0.5, 0.6) is 11.5 Å². The van der Waals surface area contributed by atoms with E-state index in [9.17, 15) is 0 Å². The molecular formula is C14H10ClNO2. The highest BCUT2D eigenvalue weighted by Gasteiger charge is 2.12. The Hall–Kier alpha value is -2.00. The number of rotatable bonds is 2. The fraction of sp³-hybridized carbons (Fsp3) is 0.0714. The number of ether oxygens (including phenoxy) is 2. The van der Waals surface area contributed by atoms with Crippen LogP contribution in [0.2, 0.25) is 5.02 Å². The van der Waals surface area contributed by atoms with Crippen molar-refractivity contribution in [3.8, 4) is 11.5 Å². The van der Waals surface area contributed by atoms with Crippen molar-refractivity contribution in [2.75, 3.05) is 6.79 Å². The molecule has 0 bridgehead atoms. The fourth-order valence-electron chi connectivity index (χ4n) is 1.70. The summed E-state index contributed by atoms with van der Waals surface area (Å²) >= 11 is 5.89. The van der Waals surface area contributed by atoms with Gasteiger partial charge in [0.15, 0.2) is 11.5 Å². The molecule has 1 aliphatic rings. The van der Waals surface area contributed by atoms with Gasteiger partial charge in [-0.2, -0.15) is 0 Å². The maximum atomic E-state index is 5.89. The monoisotopic (exact) mass is 259 g/mol. The molecule has 0 saturated heterocycles. The largest absolute Gasteiger partial charge is 0.454 e. The molecule has 0 aromatic heterocycles. The third-order valence-electron chi connectivity index (χ3n) is 2.57. The average Bonchev–Trinajstić information content (AvgIpc) is 2.84. The van der Waals surface area contributed by atoms with Crippen LogP contribution in [0.3, 0.4) is 0 Å². The van der Waals surface area contributed by atoms with Crippen LogP contribution < -0.4 is 9.47 Å². The lowest BCUT2D eigenvalue weighted by Gasteiger charge is -1.98. The minimum atomic E-state index is 0.282. The standard InChI is InChI=1S/C14H10ClNO2/c15-11-2-1-3-12(7-11)16-8-10-4-5-13-14(6-10)18-9-17-13/h1-8H,9H2. The van der Waals surface area contributed by atoms with Gasteiger partial charge in [0.05, 0.1) is 5.69 Å². The second-order valence-corrected chi connectivity index (χ2v) is 4.29. The Balaban J connectivity index is 1.84. The molecule has 18 heavy (non-hydrogen) atoms. The Bertz CT molecular complexity index is 610. The highest BCUT2D eigenvalue weighted by molar-refractivity contribution is 6.30. The molecule has 0 saturated carbocycles. The van der Waals surface area contributed by atoms with Crippen molar-refractivity contribution in [3.63, 3.8) is 0 Å². The van der Waals surface area contributed by atoms with Crippen molar-refractivity contribution in [1.29, 1.82) is 0 Å². The lowest BCUT2D eigenvalue weighted by molar-refractivity contribution is 0.174. The zero-order valence-corrected chi connectivity index (χ0v) is 10.2. The van der Waals surface area contributed by atoms with Gasteiger partial charge in [-0.05, 0) is 42.0 Å². The zero-order valence-electron chi connectivity index (χ0n) is 9.47. The van der Waals surface area contributed by atoms with Gasteiger partial charge in [-0.3, -0.25) is 4.99 Å². The Morgan fingerprint density at radius 1 is 1.06 bits per heavy atom. The number of benzene rings is 2. The summed E-state index contributed by atoms with van der Waals surface area (Å²) in [6.07, 6.45) is 1.77. The van der Waals surface area contributed by atoms with Crippen molar-refractivity contribution in [1.82, 2.24) is 0 Å². The third kappa shape index (κ3) is 2.31. The molecule has 0 N–H and O–H groups in total. The molecule has 4 heteroatoms. The van der Waals surface area contributed by atoms with Gasteiger partial charge in [0, 0.05) is 11.2 Å². The van der Waals surface area contributed by atoms with Gasteiger partial charge in [0.25, 0.3) is 0 Å². The Kier molecular flexibility index (Phi) is 2.90. The predicted octanol–water partition coefficient (Wildman–Crippen LogP) is 3.82. The van der Waals surface area contributed by atoms with Crippen molar-refractivity contribution in [2.45, 2.75) is 0 Å². The third-order valence-corrected chi connectivity index (χ3v) is 2.80. The molecule has 0 radical (unpaired) electrons. The van der Waals surface area contributed by atoms with Crippen molar-refractivity contribution >= 4 is 23.5 Å². The van der Waals surface area contributed by atoms with Crippen molar-refractivity contribution in [3.05, 3.63) is 53.1 Å². The predicted molar refractivity (Wildman–Crippen MR) is 71.3 cm³/mol. The zero-order chi connectivity index (χ0) is 12.4. The summed E-state index contributed by atoms with van der Waals surface area (Å²) < 4.78 is 10.6. The minimum absolute atomic E-state index is 0.282. The van der Waals surface area contributed by atoms with Crippen molar-refractivity contribution < 1.29 is 9.47 Å². The molecule has 90 valence electrons. The second kappa shape index (κ2) is 4.70. The van der Waals surface area contributed by atoms with Crippen LogP contribution in [-0.2, 0) is 0 Å². The maximum Gasteiger partial charge on any atom is 0.231 e. The summed E-state index contributed by atoms with van der Waals surface area (Å²) in [6, 6.07) is 13.1. The van der Waals surface area contributed by atoms with Gasteiger partial charge in [-0.25, -0.2) is 0 Å². The van der Waals surface area contributed by atoms with Gasteiger partial charge < -0.3 is 9.47 Å². The van der Waals surface area contributed by atoms with E-state index < -0.39 is 0 Å². The number of halogens is 1. The van der Waals surface area contributed by atoms with E-state index in [1.54, 1.807) is 6.21 Å². The first-order valence-electron chi connectivity index (χ1n) is 5.50. The normalized spacial score (nSPS) is 13.2. The molecular weight excluding hydrogens is 250 g/mol.